The number of carbonyl (C=O) groups excluding carboxylic acids is 1. The monoisotopic (exact) mass is 477 g/mol. The number of esters is 1. The Balaban J connectivity index is 1.74. The van der Waals surface area contributed by atoms with Crippen LogP contribution in [0.3, 0.4) is 0 Å². The van der Waals surface area contributed by atoms with E-state index in [4.69, 9.17) is 10.5 Å². The summed E-state index contributed by atoms with van der Waals surface area (Å²) in [7, 11) is 1.34. The highest BCUT2D eigenvalue weighted by Gasteiger charge is 2.31. The van der Waals surface area contributed by atoms with E-state index in [0.717, 1.165) is 24.3 Å². The van der Waals surface area contributed by atoms with Gasteiger partial charge in [-0.15, -0.1) is 0 Å². The Morgan fingerprint density at radius 3 is 2.29 bits per heavy atom. The molecule has 1 fully saturated rings. The Bertz CT molecular complexity index is 1280. The van der Waals surface area contributed by atoms with Crippen molar-refractivity contribution in [1.29, 1.82) is 0 Å². The third-order valence-electron chi connectivity index (χ3n) is 6.45. The number of hydrogen-bond acceptors (Lipinski definition) is 7. The number of methoxy groups -OCH3 is 1. The van der Waals surface area contributed by atoms with Crippen molar-refractivity contribution in [3.8, 4) is 0 Å². The molecule has 1 aromatic heterocycles. The fourth-order valence-electron chi connectivity index (χ4n) is 4.67. The lowest BCUT2D eigenvalue weighted by molar-refractivity contribution is 0.0600. The van der Waals surface area contributed by atoms with Gasteiger partial charge in [0, 0.05) is 38.4 Å². The number of hydrogen-bond donors (Lipinski definition) is 2. The standard InChI is InChI=1S/C26H31N5O4/c1-3-13-31-23(27)21(24(32)28-26(31)34)22(18-9-11-19(12-10-18)25(33)35-2)30-16-14-29(15-17-30)20-7-5-4-6-8-20/h4-12,22H,3,13-17,27H2,1-2H3,(H,28,32,34)/t22-/m0/s1. The van der Waals surface area contributed by atoms with Gasteiger partial charge in [0.1, 0.15) is 5.82 Å². The van der Waals surface area contributed by atoms with Crippen LogP contribution in [-0.2, 0) is 11.3 Å². The zero-order valence-corrected chi connectivity index (χ0v) is 20.1. The highest BCUT2D eigenvalue weighted by atomic mass is 16.5. The smallest absolute Gasteiger partial charge is 0.337 e. The molecule has 0 unspecified atom stereocenters. The molecule has 1 atom stereocenters. The van der Waals surface area contributed by atoms with Gasteiger partial charge in [-0.2, -0.15) is 0 Å². The summed E-state index contributed by atoms with van der Waals surface area (Å²) in [6, 6.07) is 16.7. The zero-order chi connectivity index (χ0) is 24.9. The molecule has 35 heavy (non-hydrogen) atoms. The minimum absolute atomic E-state index is 0.174. The molecular weight excluding hydrogens is 446 g/mol. The van der Waals surface area contributed by atoms with Crippen molar-refractivity contribution in [3.05, 3.63) is 92.1 Å². The highest BCUT2D eigenvalue weighted by Crippen LogP contribution is 2.31. The van der Waals surface area contributed by atoms with Gasteiger partial charge in [0.15, 0.2) is 0 Å². The molecule has 0 amide bonds. The van der Waals surface area contributed by atoms with E-state index in [-0.39, 0.29) is 5.82 Å². The van der Waals surface area contributed by atoms with Crippen LogP contribution in [0.2, 0.25) is 0 Å². The summed E-state index contributed by atoms with van der Waals surface area (Å²) in [5.41, 5.74) is 8.19. The van der Waals surface area contributed by atoms with Gasteiger partial charge < -0.3 is 15.4 Å². The second kappa shape index (κ2) is 10.6. The third-order valence-corrected chi connectivity index (χ3v) is 6.45. The van der Waals surface area contributed by atoms with Gasteiger partial charge >= 0.3 is 11.7 Å². The molecule has 9 nitrogen and oxygen atoms in total. The molecule has 1 aliphatic heterocycles. The predicted molar refractivity (Wildman–Crippen MR) is 136 cm³/mol. The molecule has 0 saturated carbocycles. The number of nitrogen functional groups attached to an aromatic ring is 1. The molecule has 184 valence electrons. The van der Waals surface area contributed by atoms with Crippen LogP contribution in [0.5, 0.6) is 0 Å². The lowest BCUT2D eigenvalue weighted by atomic mass is 9.96. The van der Waals surface area contributed by atoms with Gasteiger partial charge in [-0.1, -0.05) is 37.3 Å². The Kier molecular flexibility index (Phi) is 7.36. The Labute approximate surface area is 203 Å². The summed E-state index contributed by atoms with van der Waals surface area (Å²) >= 11 is 0. The van der Waals surface area contributed by atoms with E-state index in [1.165, 1.54) is 11.7 Å². The van der Waals surface area contributed by atoms with Crippen LogP contribution in [0.4, 0.5) is 11.5 Å². The largest absolute Gasteiger partial charge is 0.465 e. The number of H-pyrrole nitrogens is 1. The molecule has 0 bridgehead atoms. The van der Waals surface area contributed by atoms with Crippen LogP contribution in [-0.4, -0.2) is 53.7 Å². The highest BCUT2D eigenvalue weighted by molar-refractivity contribution is 5.89. The zero-order valence-electron chi connectivity index (χ0n) is 20.1. The minimum atomic E-state index is -0.508. The number of ether oxygens (including phenoxy) is 1. The van der Waals surface area contributed by atoms with Gasteiger partial charge in [0.2, 0.25) is 0 Å². The van der Waals surface area contributed by atoms with Gasteiger partial charge in [-0.05, 0) is 36.2 Å². The first-order chi connectivity index (χ1) is 16.9. The average Bonchev–Trinajstić information content (AvgIpc) is 2.89. The number of piperazine rings is 1. The Hall–Kier alpha value is -3.85. The van der Waals surface area contributed by atoms with E-state index in [2.05, 4.69) is 26.9 Å². The van der Waals surface area contributed by atoms with Crippen LogP contribution >= 0.6 is 0 Å². The Morgan fingerprint density at radius 2 is 1.69 bits per heavy atom. The van der Waals surface area contributed by atoms with Gasteiger partial charge in [0.05, 0.1) is 24.3 Å². The molecule has 3 N–H and O–H groups in total. The minimum Gasteiger partial charge on any atom is -0.465 e. The van der Waals surface area contributed by atoms with Crippen LogP contribution in [0.25, 0.3) is 0 Å². The van der Waals surface area contributed by atoms with E-state index in [9.17, 15) is 14.4 Å². The van der Waals surface area contributed by atoms with Gasteiger partial charge in [-0.25, -0.2) is 9.59 Å². The average molecular weight is 478 g/mol. The number of aromatic nitrogens is 2. The maximum atomic E-state index is 13.1. The molecule has 9 heteroatoms. The summed E-state index contributed by atoms with van der Waals surface area (Å²) in [5, 5.41) is 0. The number of anilines is 2. The summed E-state index contributed by atoms with van der Waals surface area (Å²) in [6.07, 6.45) is 0.698. The molecule has 1 aliphatic rings. The van der Waals surface area contributed by atoms with Gasteiger partial charge in [0.25, 0.3) is 5.56 Å². The van der Waals surface area contributed by atoms with Crippen molar-refractivity contribution in [3.63, 3.8) is 0 Å². The van der Waals surface area contributed by atoms with E-state index in [1.807, 2.05) is 37.3 Å². The molecular formula is C26H31N5O4. The number of para-hydroxylation sites is 1. The molecule has 4 rings (SSSR count). The molecule has 2 aromatic carbocycles. The summed E-state index contributed by atoms with van der Waals surface area (Å²) < 4.78 is 6.24. The summed E-state index contributed by atoms with van der Waals surface area (Å²) in [6.45, 7) is 5.27. The maximum Gasteiger partial charge on any atom is 0.337 e. The number of benzene rings is 2. The molecule has 1 saturated heterocycles. The molecule has 0 aliphatic carbocycles. The van der Waals surface area contributed by atoms with E-state index in [0.29, 0.717) is 37.2 Å². The third kappa shape index (κ3) is 5.00. The van der Waals surface area contributed by atoms with Crippen LogP contribution in [0.15, 0.2) is 64.2 Å². The lowest BCUT2D eigenvalue weighted by Gasteiger charge is -2.40. The van der Waals surface area contributed by atoms with Crippen LogP contribution in [0.1, 0.15) is 40.9 Å². The number of rotatable bonds is 7. The van der Waals surface area contributed by atoms with Crippen LogP contribution < -0.4 is 21.9 Å². The Morgan fingerprint density at radius 1 is 1.03 bits per heavy atom. The quantitative estimate of drug-likeness (QED) is 0.502. The van der Waals surface area contributed by atoms with Crippen molar-refractivity contribution in [2.45, 2.75) is 25.9 Å². The number of carbonyl (C=O) groups is 1. The number of nitrogens with zero attached hydrogens (tertiary/aromatic N) is 3. The molecule has 3 aromatic rings. The van der Waals surface area contributed by atoms with E-state index < -0.39 is 23.3 Å². The van der Waals surface area contributed by atoms with Crippen LogP contribution in [0, 0.1) is 0 Å². The first kappa shape index (κ1) is 24.3. The predicted octanol–water partition coefficient (Wildman–Crippen LogP) is 2.23. The van der Waals surface area contributed by atoms with Crippen molar-refractivity contribution >= 4 is 17.5 Å². The van der Waals surface area contributed by atoms with E-state index in [1.54, 1.807) is 12.1 Å². The lowest BCUT2D eigenvalue weighted by Crippen LogP contribution is -2.49. The number of aromatic amines is 1. The molecule has 0 spiro atoms. The fourth-order valence-corrected chi connectivity index (χ4v) is 4.67. The van der Waals surface area contributed by atoms with E-state index >= 15 is 0 Å². The second-order valence-corrected chi connectivity index (χ2v) is 8.58. The summed E-state index contributed by atoms with van der Waals surface area (Å²) in [4.78, 5) is 44.5. The molecule has 2 heterocycles. The topological polar surface area (TPSA) is 114 Å². The maximum absolute atomic E-state index is 13.1. The number of nitrogens with one attached hydrogen (secondary N) is 1. The van der Waals surface area contributed by atoms with Crippen molar-refractivity contribution < 1.29 is 9.53 Å². The fraction of sp³-hybridized carbons (Fsp3) is 0.346. The SMILES string of the molecule is CCCn1c(N)c([C@H](c2ccc(C(=O)OC)cc2)N2CCN(c3ccccc3)CC2)c(=O)[nH]c1=O. The van der Waals surface area contributed by atoms with Gasteiger partial charge in [-0.3, -0.25) is 19.2 Å². The first-order valence-corrected chi connectivity index (χ1v) is 11.8. The normalized spacial score (nSPS) is 15.1. The first-order valence-electron chi connectivity index (χ1n) is 11.8. The van der Waals surface area contributed by atoms with Crippen molar-refractivity contribution in [2.75, 3.05) is 43.9 Å². The number of nitrogens with two attached hydrogens (primary N) is 1. The summed E-state index contributed by atoms with van der Waals surface area (Å²) in [5.74, 6) is -0.258. The molecule has 0 radical (unpaired) electrons. The second-order valence-electron chi connectivity index (χ2n) is 8.58. The van der Waals surface area contributed by atoms with Crippen molar-refractivity contribution in [2.24, 2.45) is 0 Å². The van der Waals surface area contributed by atoms with Crippen molar-refractivity contribution in [1.82, 2.24) is 14.5 Å².